The molecule has 9 nitrogen and oxygen atoms in total. The van der Waals surface area contributed by atoms with Gasteiger partial charge in [-0.05, 0) is 31.2 Å². The molecule has 30 heavy (non-hydrogen) atoms. The van der Waals surface area contributed by atoms with E-state index in [0.29, 0.717) is 12.1 Å². The van der Waals surface area contributed by atoms with Crippen molar-refractivity contribution in [1.29, 1.82) is 0 Å². The Balaban J connectivity index is 1.88. The Labute approximate surface area is 172 Å². The van der Waals surface area contributed by atoms with Crippen LogP contribution in [0.25, 0.3) is 5.95 Å². The highest BCUT2D eigenvalue weighted by molar-refractivity contribution is 7.92. The Morgan fingerprint density at radius 2 is 1.83 bits per heavy atom. The number of carbonyl (C=O) groups is 1. The summed E-state index contributed by atoms with van der Waals surface area (Å²) >= 11 is 5.74. The number of benzene rings is 1. The molecule has 0 fully saturated rings. The van der Waals surface area contributed by atoms with Crippen LogP contribution in [0.1, 0.15) is 29.1 Å². The van der Waals surface area contributed by atoms with Gasteiger partial charge in [0.25, 0.3) is 21.7 Å². The summed E-state index contributed by atoms with van der Waals surface area (Å²) in [5, 5.41) is 6.13. The fraction of sp³-hybridized carbons (Fsp3) is 0.188. The number of carbonyl (C=O) groups excluding carboxylic acids is 1. The van der Waals surface area contributed by atoms with Crippen molar-refractivity contribution in [2.75, 3.05) is 0 Å². The average Bonchev–Trinajstić information content (AvgIpc) is 3.17. The Kier molecular flexibility index (Phi) is 5.76. The van der Waals surface area contributed by atoms with E-state index in [0.717, 1.165) is 6.07 Å². The van der Waals surface area contributed by atoms with E-state index in [-0.39, 0.29) is 22.4 Å². The second kappa shape index (κ2) is 7.99. The molecule has 0 aliphatic rings. The molecule has 1 amide bonds. The molecule has 3 aromatic rings. The Bertz CT molecular complexity index is 1180. The van der Waals surface area contributed by atoms with Gasteiger partial charge in [-0.3, -0.25) is 4.79 Å². The Hall–Kier alpha value is -3.06. The average molecular weight is 461 g/mol. The summed E-state index contributed by atoms with van der Waals surface area (Å²) in [6.07, 6.45) is 4.17. The van der Waals surface area contributed by atoms with E-state index in [4.69, 9.17) is 11.6 Å². The number of nitrogens with one attached hydrogen (secondary N) is 1. The van der Waals surface area contributed by atoms with E-state index in [2.05, 4.69) is 25.4 Å². The zero-order valence-electron chi connectivity index (χ0n) is 15.0. The number of aromatic nitrogens is 5. The van der Waals surface area contributed by atoms with Crippen molar-refractivity contribution in [3.63, 3.8) is 0 Å². The summed E-state index contributed by atoms with van der Waals surface area (Å²) < 4.78 is 63.0. The number of hydrogen-bond donors (Lipinski definition) is 1. The van der Waals surface area contributed by atoms with Crippen LogP contribution in [0.4, 0.5) is 13.2 Å². The number of sulfone groups is 1. The van der Waals surface area contributed by atoms with Crippen LogP contribution in [0.15, 0.2) is 47.9 Å². The van der Waals surface area contributed by atoms with Crippen LogP contribution in [0.3, 0.4) is 0 Å². The fourth-order valence-corrected chi connectivity index (χ4v) is 3.56. The van der Waals surface area contributed by atoms with Gasteiger partial charge in [0.2, 0.25) is 0 Å². The van der Waals surface area contributed by atoms with Crippen LogP contribution in [0, 0.1) is 0 Å². The number of halogens is 4. The third-order valence-electron chi connectivity index (χ3n) is 3.80. The standard InChI is InChI=1S/C16H12ClF3N6O3S/c1-9(13-23-8-24-26(13)15-21-3-2-4-22-15)25-14(27)10-5-11(17)7-12(6-10)30(28,29)16(18,19)20/h2-9H,1H3,(H,25,27)/t9-/m1/s1. The predicted molar refractivity (Wildman–Crippen MR) is 97.5 cm³/mol. The van der Waals surface area contributed by atoms with Gasteiger partial charge in [-0.25, -0.2) is 23.4 Å². The summed E-state index contributed by atoms with van der Waals surface area (Å²) in [5.74, 6) is -0.445. The van der Waals surface area contributed by atoms with E-state index in [1.807, 2.05) is 0 Å². The molecule has 1 N–H and O–H groups in total. The minimum atomic E-state index is -5.68. The molecule has 0 spiro atoms. The van der Waals surface area contributed by atoms with Gasteiger partial charge in [0.15, 0.2) is 5.82 Å². The summed E-state index contributed by atoms with van der Waals surface area (Å²) in [5.41, 5.74) is -5.91. The first-order chi connectivity index (χ1) is 14.0. The van der Waals surface area contributed by atoms with Gasteiger partial charge >= 0.3 is 5.51 Å². The molecule has 2 aromatic heterocycles. The lowest BCUT2D eigenvalue weighted by Gasteiger charge is -2.15. The maximum atomic E-state index is 12.8. The lowest BCUT2D eigenvalue weighted by molar-refractivity contribution is -0.0436. The smallest absolute Gasteiger partial charge is 0.342 e. The molecule has 0 radical (unpaired) electrons. The van der Waals surface area contributed by atoms with E-state index in [1.165, 1.54) is 23.4 Å². The predicted octanol–water partition coefficient (Wildman–Crippen LogP) is 2.50. The fourth-order valence-electron chi connectivity index (χ4n) is 2.43. The summed E-state index contributed by atoms with van der Waals surface area (Å²) in [6.45, 7) is 1.54. The lowest BCUT2D eigenvalue weighted by Crippen LogP contribution is -2.29. The molecule has 0 saturated heterocycles. The van der Waals surface area contributed by atoms with E-state index in [9.17, 15) is 26.4 Å². The molecule has 158 valence electrons. The van der Waals surface area contributed by atoms with E-state index >= 15 is 0 Å². The third kappa shape index (κ3) is 4.26. The molecular formula is C16H12ClF3N6O3S. The molecule has 0 aliphatic heterocycles. The molecular weight excluding hydrogens is 449 g/mol. The van der Waals surface area contributed by atoms with Crippen LogP contribution < -0.4 is 5.32 Å². The van der Waals surface area contributed by atoms with Crippen molar-refractivity contribution in [3.05, 3.63) is 59.4 Å². The highest BCUT2D eigenvalue weighted by atomic mass is 35.5. The van der Waals surface area contributed by atoms with E-state index in [1.54, 1.807) is 13.0 Å². The highest BCUT2D eigenvalue weighted by Gasteiger charge is 2.47. The number of nitrogens with zero attached hydrogens (tertiary/aromatic N) is 5. The normalized spacial score (nSPS) is 13.1. The summed E-state index contributed by atoms with van der Waals surface area (Å²) in [4.78, 5) is 23.5. The molecule has 0 unspecified atom stereocenters. The van der Waals surface area contributed by atoms with Crippen LogP contribution in [0.5, 0.6) is 0 Å². The van der Waals surface area contributed by atoms with Gasteiger partial charge < -0.3 is 5.32 Å². The Morgan fingerprint density at radius 1 is 1.17 bits per heavy atom. The minimum absolute atomic E-state index is 0.187. The molecule has 1 atom stereocenters. The summed E-state index contributed by atoms with van der Waals surface area (Å²) in [6, 6.07) is 3.07. The quantitative estimate of drug-likeness (QED) is 0.621. The molecule has 0 aliphatic carbocycles. The monoisotopic (exact) mass is 460 g/mol. The first-order valence-electron chi connectivity index (χ1n) is 8.11. The highest BCUT2D eigenvalue weighted by Crippen LogP contribution is 2.32. The van der Waals surface area contributed by atoms with Gasteiger partial charge in [0.05, 0.1) is 10.9 Å². The molecule has 1 aromatic carbocycles. The van der Waals surface area contributed by atoms with Gasteiger partial charge in [-0.2, -0.15) is 23.0 Å². The van der Waals surface area contributed by atoms with Crippen LogP contribution >= 0.6 is 11.6 Å². The van der Waals surface area contributed by atoms with Crippen molar-refractivity contribution in [1.82, 2.24) is 30.0 Å². The third-order valence-corrected chi connectivity index (χ3v) is 5.48. The van der Waals surface area contributed by atoms with Gasteiger partial charge in [0.1, 0.15) is 6.33 Å². The Morgan fingerprint density at radius 3 is 2.47 bits per heavy atom. The van der Waals surface area contributed by atoms with Crippen LogP contribution in [-0.2, 0) is 9.84 Å². The molecule has 0 bridgehead atoms. The topological polar surface area (TPSA) is 120 Å². The second-order valence-corrected chi connectivity index (χ2v) is 8.28. The molecule has 14 heteroatoms. The summed E-state index contributed by atoms with van der Waals surface area (Å²) in [7, 11) is -5.68. The molecule has 3 rings (SSSR count). The van der Waals surface area contributed by atoms with Gasteiger partial charge in [0, 0.05) is 23.0 Å². The van der Waals surface area contributed by atoms with Crippen molar-refractivity contribution in [3.8, 4) is 5.95 Å². The first-order valence-corrected chi connectivity index (χ1v) is 9.97. The maximum absolute atomic E-state index is 12.8. The van der Waals surface area contributed by atoms with Crippen LogP contribution in [0.2, 0.25) is 5.02 Å². The molecule has 0 saturated carbocycles. The van der Waals surface area contributed by atoms with Gasteiger partial charge in [-0.15, -0.1) is 0 Å². The first kappa shape index (κ1) is 21.6. The van der Waals surface area contributed by atoms with Crippen LogP contribution in [-0.4, -0.2) is 44.6 Å². The van der Waals surface area contributed by atoms with Crippen molar-refractivity contribution in [2.24, 2.45) is 0 Å². The van der Waals surface area contributed by atoms with Crippen molar-refractivity contribution >= 4 is 27.3 Å². The number of rotatable bonds is 5. The lowest BCUT2D eigenvalue weighted by atomic mass is 10.2. The van der Waals surface area contributed by atoms with E-state index < -0.39 is 32.2 Å². The number of hydrogen-bond acceptors (Lipinski definition) is 7. The maximum Gasteiger partial charge on any atom is 0.501 e. The van der Waals surface area contributed by atoms with Crippen molar-refractivity contribution in [2.45, 2.75) is 23.4 Å². The van der Waals surface area contributed by atoms with Gasteiger partial charge in [-0.1, -0.05) is 11.6 Å². The minimum Gasteiger partial charge on any atom is -0.342 e. The number of alkyl halides is 3. The zero-order chi connectivity index (χ0) is 22.1. The SMILES string of the molecule is C[C@@H](NC(=O)c1cc(Cl)cc(S(=O)(=O)C(F)(F)F)c1)c1ncnn1-c1ncccn1. The zero-order valence-corrected chi connectivity index (χ0v) is 16.6. The largest absolute Gasteiger partial charge is 0.501 e. The number of amides is 1. The second-order valence-electron chi connectivity index (χ2n) is 5.90. The molecule has 2 heterocycles. The van der Waals surface area contributed by atoms with Crippen molar-refractivity contribution < 1.29 is 26.4 Å².